The van der Waals surface area contributed by atoms with Crippen molar-refractivity contribution in [3.63, 3.8) is 0 Å². The average Bonchev–Trinajstić information content (AvgIpc) is 3.09. The van der Waals surface area contributed by atoms with Crippen LogP contribution in [-0.2, 0) is 0 Å². The molecule has 1 saturated carbocycles. The molecule has 1 saturated heterocycles. The highest BCUT2D eigenvalue weighted by atomic mass is 16.3. The molecular formula is C19H22N2O3. The Labute approximate surface area is 141 Å². The Morgan fingerprint density at radius 2 is 2.12 bits per heavy atom. The summed E-state index contributed by atoms with van der Waals surface area (Å²) in [6, 6.07) is 7.88. The number of oxazole rings is 1. The number of aliphatic hydroxyl groups excluding tert-OH is 1. The van der Waals surface area contributed by atoms with Gasteiger partial charge in [-0.2, -0.15) is 0 Å². The van der Waals surface area contributed by atoms with E-state index < -0.39 is 0 Å². The molecular weight excluding hydrogens is 304 g/mol. The third-order valence-corrected chi connectivity index (χ3v) is 5.72. The summed E-state index contributed by atoms with van der Waals surface area (Å²) < 4.78 is 5.51. The monoisotopic (exact) mass is 326 g/mol. The molecule has 2 fully saturated rings. The summed E-state index contributed by atoms with van der Waals surface area (Å²) in [6.45, 7) is 3.36. The number of aryl methyl sites for hydroxylation is 1. The van der Waals surface area contributed by atoms with E-state index in [0.717, 1.165) is 36.8 Å². The number of amides is 1. The van der Waals surface area contributed by atoms with Crippen LogP contribution < -0.4 is 0 Å². The first-order valence-corrected chi connectivity index (χ1v) is 8.57. The Morgan fingerprint density at radius 3 is 2.75 bits per heavy atom. The van der Waals surface area contributed by atoms with Gasteiger partial charge >= 0.3 is 0 Å². The molecule has 1 aromatic carbocycles. The number of likely N-dealkylation sites (tertiary alicyclic amines) is 1. The first-order chi connectivity index (χ1) is 11.6. The summed E-state index contributed by atoms with van der Waals surface area (Å²) in [5.41, 5.74) is 2.42. The van der Waals surface area contributed by atoms with Crippen LogP contribution in [0, 0.1) is 12.3 Å². The Hall–Kier alpha value is -2.14. The van der Waals surface area contributed by atoms with Gasteiger partial charge in [-0.05, 0) is 44.1 Å². The second-order valence-electron chi connectivity index (χ2n) is 7.11. The predicted molar refractivity (Wildman–Crippen MR) is 89.5 cm³/mol. The lowest BCUT2D eigenvalue weighted by molar-refractivity contribution is -0.0952. The third-order valence-electron chi connectivity index (χ3n) is 5.72. The molecule has 0 radical (unpaired) electrons. The second kappa shape index (κ2) is 5.74. The summed E-state index contributed by atoms with van der Waals surface area (Å²) in [6.07, 6.45) is 4.87. The number of aromatic nitrogens is 1. The molecule has 2 aromatic rings. The van der Waals surface area contributed by atoms with Crippen molar-refractivity contribution in [3.05, 3.63) is 41.9 Å². The van der Waals surface area contributed by atoms with Crippen LogP contribution in [0.1, 0.15) is 41.7 Å². The predicted octanol–water partition coefficient (Wildman–Crippen LogP) is 3.03. The highest BCUT2D eigenvalue weighted by Gasteiger charge is 2.48. The van der Waals surface area contributed by atoms with E-state index in [1.54, 1.807) is 0 Å². The number of carbonyl (C=O) groups is 1. The van der Waals surface area contributed by atoms with Crippen molar-refractivity contribution in [1.82, 2.24) is 9.88 Å². The van der Waals surface area contributed by atoms with Gasteiger partial charge < -0.3 is 14.4 Å². The lowest BCUT2D eigenvalue weighted by atomic mass is 9.61. The van der Waals surface area contributed by atoms with Crippen molar-refractivity contribution >= 4 is 5.91 Å². The summed E-state index contributed by atoms with van der Waals surface area (Å²) in [4.78, 5) is 18.9. The van der Waals surface area contributed by atoms with Gasteiger partial charge in [0.25, 0.3) is 5.91 Å². The number of nitrogens with zero attached hydrogens (tertiary/aromatic N) is 2. The maximum Gasteiger partial charge on any atom is 0.276 e. The minimum absolute atomic E-state index is 0.0555. The molecule has 1 atom stereocenters. The minimum atomic E-state index is -0.190. The smallest absolute Gasteiger partial charge is 0.276 e. The van der Waals surface area contributed by atoms with E-state index in [1.165, 1.54) is 6.39 Å². The Bertz CT molecular complexity index is 759. The van der Waals surface area contributed by atoms with Crippen molar-refractivity contribution in [1.29, 1.82) is 0 Å². The number of hydrogen-bond acceptors (Lipinski definition) is 4. The topological polar surface area (TPSA) is 66.6 Å². The molecule has 1 N–H and O–H groups in total. The fraction of sp³-hybridized carbons (Fsp3) is 0.474. The van der Waals surface area contributed by atoms with Crippen LogP contribution in [0.15, 0.2) is 35.1 Å². The first kappa shape index (κ1) is 15.4. The lowest BCUT2D eigenvalue weighted by Crippen LogP contribution is -2.53. The number of aliphatic hydroxyl groups is 1. The Morgan fingerprint density at radius 1 is 1.33 bits per heavy atom. The number of carbonyl (C=O) groups excluding carboxylic acids is 1. The van der Waals surface area contributed by atoms with E-state index >= 15 is 0 Å². The van der Waals surface area contributed by atoms with Gasteiger partial charge in [-0.1, -0.05) is 23.8 Å². The summed E-state index contributed by atoms with van der Waals surface area (Å²) in [5.74, 6) is 0.455. The van der Waals surface area contributed by atoms with Crippen LogP contribution in [0.5, 0.6) is 0 Å². The molecule has 2 aliphatic rings. The van der Waals surface area contributed by atoms with Gasteiger partial charge in [0.1, 0.15) is 0 Å². The highest BCUT2D eigenvalue weighted by Crippen LogP contribution is 2.49. The number of hydrogen-bond donors (Lipinski definition) is 1. The zero-order valence-corrected chi connectivity index (χ0v) is 13.9. The van der Waals surface area contributed by atoms with Crippen LogP contribution in [-0.4, -0.2) is 40.1 Å². The molecule has 5 heteroatoms. The Kier molecular flexibility index (Phi) is 3.68. The Balaban J connectivity index is 1.53. The first-order valence-electron chi connectivity index (χ1n) is 8.57. The number of benzene rings is 1. The van der Waals surface area contributed by atoms with E-state index in [2.05, 4.69) is 4.98 Å². The van der Waals surface area contributed by atoms with Crippen LogP contribution in [0.25, 0.3) is 11.3 Å². The van der Waals surface area contributed by atoms with E-state index in [9.17, 15) is 9.90 Å². The molecule has 4 rings (SSSR count). The average molecular weight is 326 g/mol. The maximum atomic E-state index is 12.9. The molecule has 1 amide bonds. The molecule has 24 heavy (non-hydrogen) atoms. The van der Waals surface area contributed by atoms with Crippen LogP contribution >= 0.6 is 0 Å². The molecule has 1 aromatic heterocycles. The van der Waals surface area contributed by atoms with E-state index in [0.29, 0.717) is 24.5 Å². The normalized spacial score (nSPS) is 22.4. The van der Waals surface area contributed by atoms with Crippen molar-refractivity contribution in [2.45, 2.75) is 38.7 Å². The molecule has 1 spiro atoms. The van der Waals surface area contributed by atoms with Gasteiger partial charge in [0.05, 0.1) is 6.10 Å². The fourth-order valence-corrected chi connectivity index (χ4v) is 3.96. The van der Waals surface area contributed by atoms with E-state index in [4.69, 9.17) is 4.42 Å². The minimum Gasteiger partial charge on any atom is -0.443 e. The summed E-state index contributed by atoms with van der Waals surface area (Å²) >= 11 is 0. The molecule has 5 nitrogen and oxygen atoms in total. The molecule has 1 aliphatic carbocycles. The highest BCUT2D eigenvalue weighted by molar-refractivity contribution is 5.97. The van der Waals surface area contributed by atoms with Crippen molar-refractivity contribution < 1.29 is 14.3 Å². The molecule has 0 bridgehead atoms. The largest absolute Gasteiger partial charge is 0.443 e. The van der Waals surface area contributed by atoms with Gasteiger partial charge in [-0.3, -0.25) is 4.79 Å². The molecule has 2 heterocycles. The standard InChI is InChI=1S/C19H22N2O3/c1-13-3-2-4-14(11-13)17-16(20-12-24-17)18(23)21-9-7-19(8-10-21)6-5-15(19)22/h2-4,11-12,15,22H,5-10H2,1H3. The summed E-state index contributed by atoms with van der Waals surface area (Å²) in [5, 5.41) is 10.0. The maximum absolute atomic E-state index is 12.9. The van der Waals surface area contributed by atoms with Gasteiger partial charge in [0.2, 0.25) is 0 Å². The van der Waals surface area contributed by atoms with Gasteiger partial charge in [-0.15, -0.1) is 0 Å². The zero-order chi connectivity index (χ0) is 16.7. The molecule has 126 valence electrons. The zero-order valence-electron chi connectivity index (χ0n) is 13.9. The van der Waals surface area contributed by atoms with Crippen molar-refractivity contribution in [3.8, 4) is 11.3 Å². The van der Waals surface area contributed by atoms with Crippen LogP contribution in [0.4, 0.5) is 0 Å². The van der Waals surface area contributed by atoms with E-state index in [-0.39, 0.29) is 17.4 Å². The van der Waals surface area contributed by atoms with Crippen molar-refractivity contribution in [2.75, 3.05) is 13.1 Å². The van der Waals surface area contributed by atoms with Crippen LogP contribution in [0.2, 0.25) is 0 Å². The lowest BCUT2D eigenvalue weighted by Gasteiger charge is -2.51. The quantitative estimate of drug-likeness (QED) is 0.921. The summed E-state index contributed by atoms with van der Waals surface area (Å²) in [7, 11) is 0. The van der Waals surface area contributed by atoms with Gasteiger partial charge in [-0.25, -0.2) is 4.98 Å². The molecule has 1 aliphatic heterocycles. The second-order valence-corrected chi connectivity index (χ2v) is 7.11. The van der Waals surface area contributed by atoms with Crippen LogP contribution in [0.3, 0.4) is 0 Å². The van der Waals surface area contributed by atoms with E-state index in [1.807, 2.05) is 36.1 Å². The van der Waals surface area contributed by atoms with Gasteiger partial charge in [0, 0.05) is 18.7 Å². The number of piperidine rings is 1. The third kappa shape index (κ3) is 2.44. The van der Waals surface area contributed by atoms with Crippen molar-refractivity contribution in [2.24, 2.45) is 5.41 Å². The van der Waals surface area contributed by atoms with Gasteiger partial charge in [0.15, 0.2) is 17.8 Å². The fourth-order valence-electron chi connectivity index (χ4n) is 3.96. The number of rotatable bonds is 2. The molecule has 1 unspecified atom stereocenters. The SMILES string of the molecule is Cc1cccc(-c2ocnc2C(=O)N2CCC3(CCC3O)CC2)c1.